The Bertz CT molecular complexity index is 468. The molecule has 0 bridgehead atoms. The summed E-state index contributed by atoms with van der Waals surface area (Å²) in [5.41, 5.74) is 0.774. The number of hydrogen-bond donors (Lipinski definition) is 2. The minimum atomic E-state index is -0.212. The molecule has 0 aromatic heterocycles. The molecule has 0 aliphatic heterocycles. The lowest BCUT2D eigenvalue weighted by molar-refractivity contribution is 0.250. The van der Waals surface area contributed by atoms with Crippen LogP contribution in [-0.4, -0.2) is 17.8 Å². The predicted molar refractivity (Wildman–Crippen MR) is 79.2 cm³/mol. The minimum absolute atomic E-state index is 0.0115. The third kappa shape index (κ3) is 5.66. The first-order chi connectivity index (χ1) is 9.02. The van der Waals surface area contributed by atoms with Gasteiger partial charge < -0.3 is 10.6 Å². The fourth-order valence-electron chi connectivity index (χ4n) is 1.37. The Kier molecular flexibility index (Phi) is 6.23. The van der Waals surface area contributed by atoms with Crippen molar-refractivity contribution in [3.05, 3.63) is 24.3 Å². The van der Waals surface area contributed by atoms with Crippen molar-refractivity contribution in [3.8, 4) is 6.07 Å². The van der Waals surface area contributed by atoms with E-state index in [1.165, 1.54) is 0 Å². The standard InChI is InChI=1S/C14H19N3OS/c1-10(2)16-14(18)17-12-6-4-5-7-13(12)19-9-11(3)8-15/h4-7,10-11H,9H2,1-3H3,(H2,16,17,18). The number of hydrogen-bond acceptors (Lipinski definition) is 3. The molecule has 1 aromatic rings. The summed E-state index contributed by atoms with van der Waals surface area (Å²) >= 11 is 1.58. The number of amides is 2. The van der Waals surface area contributed by atoms with E-state index in [4.69, 9.17) is 5.26 Å². The number of nitrogens with zero attached hydrogens (tertiary/aromatic N) is 1. The lowest BCUT2D eigenvalue weighted by atomic mass is 10.3. The Labute approximate surface area is 118 Å². The van der Waals surface area contributed by atoms with Crippen LogP contribution < -0.4 is 10.6 Å². The number of nitriles is 1. The van der Waals surface area contributed by atoms with Gasteiger partial charge >= 0.3 is 6.03 Å². The summed E-state index contributed by atoms with van der Waals surface area (Å²) in [7, 11) is 0. The SMILES string of the molecule is CC(C#N)CSc1ccccc1NC(=O)NC(C)C. The van der Waals surface area contributed by atoms with Crippen molar-refractivity contribution >= 4 is 23.5 Å². The van der Waals surface area contributed by atoms with Crippen LogP contribution in [0.4, 0.5) is 10.5 Å². The van der Waals surface area contributed by atoms with E-state index in [0.29, 0.717) is 5.75 Å². The second-order valence-corrected chi connectivity index (χ2v) is 5.65. The van der Waals surface area contributed by atoms with Crippen LogP contribution in [0.2, 0.25) is 0 Å². The third-order valence-electron chi connectivity index (χ3n) is 2.26. The van der Waals surface area contributed by atoms with Gasteiger partial charge in [-0.3, -0.25) is 0 Å². The van der Waals surface area contributed by atoms with E-state index >= 15 is 0 Å². The van der Waals surface area contributed by atoms with Crippen LogP contribution >= 0.6 is 11.8 Å². The summed E-state index contributed by atoms with van der Waals surface area (Å²) in [5.74, 6) is 0.698. The summed E-state index contributed by atoms with van der Waals surface area (Å²) < 4.78 is 0. The number of thioether (sulfide) groups is 1. The zero-order valence-corrected chi connectivity index (χ0v) is 12.3. The molecule has 0 radical (unpaired) electrons. The molecule has 1 aromatic carbocycles. The van der Waals surface area contributed by atoms with Crippen molar-refractivity contribution in [2.24, 2.45) is 5.92 Å². The summed E-state index contributed by atoms with van der Waals surface area (Å²) in [6.45, 7) is 5.71. The number of anilines is 1. The van der Waals surface area contributed by atoms with Crippen molar-refractivity contribution in [1.29, 1.82) is 5.26 Å². The highest BCUT2D eigenvalue weighted by Crippen LogP contribution is 2.28. The van der Waals surface area contributed by atoms with Gasteiger partial charge in [0, 0.05) is 16.7 Å². The van der Waals surface area contributed by atoms with Gasteiger partial charge in [-0.05, 0) is 32.9 Å². The van der Waals surface area contributed by atoms with Crippen LogP contribution in [0, 0.1) is 17.2 Å². The average molecular weight is 277 g/mol. The maximum Gasteiger partial charge on any atom is 0.319 e. The molecule has 0 fully saturated rings. The Morgan fingerprint density at radius 1 is 1.37 bits per heavy atom. The van der Waals surface area contributed by atoms with Crippen molar-refractivity contribution < 1.29 is 4.79 Å². The van der Waals surface area contributed by atoms with Crippen LogP contribution in [0.3, 0.4) is 0 Å². The number of benzene rings is 1. The Balaban J connectivity index is 2.68. The molecule has 2 N–H and O–H groups in total. The monoisotopic (exact) mass is 277 g/mol. The van der Waals surface area contributed by atoms with E-state index in [1.807, 2.05) is 45.0 Å². The first-order valence-electron chi connectivity index (χ1n) is 6.22. The quantitative estimate of drug-likeness (QED) is 0.810. The smallest absolute Gasteiger partial charge is 0.319 e. The van der Waals surface area contributed by atoms with Crippen LogP contribution in [0.15, 0.2) is 29.2 Å². The van der Waals surface area contributed by atoms with E-state index in [0.717, 1.165) is 10.6 Å². The molecule has 0 spiro atoms. The lowest BCUT2D eigenvalue weighted by Gasteiger charge is -2.13. The first-order valence-corrected chi connectivity index (χ1v) is 7.20. The highest BCUT2D eigenvalue weighted by atomic mass is 32.2. The number of nitrogens with one attached hydrogen (secondary N) is 2. The van der Waals surface area contributed by atoms with Gasteiger partial charge in [0.2, 0.25) is 0 Å². The van der Waals surface area contributed by atoms with Crippen LogP contribution in [0.5, 0.6) is 0 Å². The molecule has 0 saturated heterocycles. The molecule has 1 rings (SSSR count). The van der Waals surface area contributed by atoms with Gasteiger partial charge in [0.15, 0.2) is 0 Å². The van der Waals surface area contributed by atoms with E-state index in [-0.39, 0.29) is 18.0 Å². The largest absolute Gasteiger partial charge is 0.336 e. The second-order valence-electron chi connectivity index (χ2n) is 4.59. The molecular formula is C14H19N3OS. The van der Waals surface area contributed by atoms with Crippen molar-refractivity contribution in [2.75, 3.05) is 11.1 Å². The molecule has 5 heteroatoms. The van der Waals surface area contributed by atoms with Gasteiger partial charge in [-0.1, -0.05) is 12.1 Å². The fraction of sp³-hybridized carbons (Fsp3) is 0.429. The number of carbonyl (C=O) groups is 1. The third-order valence-corrected chi connectivity index (χ3v) is 3.60. The molecule has 19 heavy (non-hydrogen) atoms. The molecule has 0 saturated carbocycles. The maximum atomic E-state index is 11.7. The molecular weight excluding hydrogens is 258 g/mol. The molecule has 102 valence electrons. The molecule has 1 atom stereocenters. The first kappa shape index (κ1) is 15.4. The lowest BCUT2D eigenvalue weighted by Crippen LogP contribution is -2.34. The molecule has 4 nitrogen and oxygen atoms in total. The van der Waals surface area contributed by atoms with Crippen LogP contribution in [-0.2, 0) is 0 Å². The summed E-state index contributed by atoms with van der Waals surface area (Å²) in [4.78, 5) is 12.7. The summed E-state index contributed by atoms with van der Waals surface area (Å²) in [6.07, 6.45) is 0. The minimum Gasteiger partial charge on any atom is -0.336 e. The van der Waals surface area contributed by atoms with E-state index < -0.39 is 0 Å². The Hall–Kier alpha value is -1.67. The Morgan fingerprint density at radius 2 is 2.05 bits per heavy atom. The zero-order valence-electron chi connectivity index (χ0n) is 11.4. The van der Waals surface area contributed by atoms with Gasteiger partial charge in [-0.2, -0.15) is 5.26 Å². The molecule has 0 aliphatic carbocycles. The number of rotatable bonds is 5. The van der Waals surface area contributed by atoms with Crippen LogP contribution in [0.25, 0.3) is 0 Å². The van der Waals surface area contributed by atoms with Crippen molar-refractivity contribution in [2.45, 2.75) is 31.7 Å². The number of carbonyl (C=O) groups excluding carboxylic acids is 1. The van der Waals surface area contributed by atoms with Crippen molar-refractivity contribution in [3.63, 3.8) is 0 Å². The Morgan fingerprint density at radius 3 is 2.68 bits per heavy atom. The normalized spacial score (nSPS) is 11.7. The number of para-hydroxylation sites is 1. The summed E-state index contributed by atoms with van der Waals surface area (Å²) in [6, 6.07) is 9.69. The highest BCUT2D eigenvalue weighted by Gasteiger charge is 2.09. The molecule has 0 aliphatic rings. The molecule has 2 amide bonds. The van der Waals surface area contributed by atoms with Gasteiger partial charge in [-0.15, -0.1) is 11.8 Å². The van der Waals surface area contributed by atoms with E-state index in [2.05, 4.69) is 16.7 Å². The van der Waals surface area contributed by atoms with Gasteiger partial charge in [0.1, 0.15) is 0 Å². The second kappa shape index (κ2) is 7.70. The maximum absolute atomic E-state index is 11.7. The average Bonchev–Trinajstić information content (AvgIpc) is 2.36. The van der Waals surface area contributed by atoms with Crippen LogP contribution in [0.1, 0.15) is 20.8 Å². The predicted octanol–water partition coefficient (Wildman–Crippen LogP) is 3.47. The van der Waals surface area contributed by atoms with E-state index in [1.54, 1.807) is 11.8 Å². The molecule has 0 heterocycles. The topological polar surface area (TPSA) is 64.9 Å². The fourth-order valence-corrected chi connectivity index (χ4v) is 2.32. The molecule has 1 unspecified atom stereocenters. The summed E-state index contributed by atoms with van der Waals surface area (Å²) in [5, 5.41) is 14.4. The zero-order chi connectivity index (χ0) is 14.3. The van der Waals surface area contributed by atoms with Crippen molar-refractivity contribution in [1.82, 2.24) is 5.32 Å². The van der Waals surface area contributed by atoms with E-state index in [9.17, 15) is 4.79 Å². The van der Waals surface area contributed by atoms with Gasteiger partial charge in [-0.25, -0.2) is 4.79 Å². The number of urea groups is 1. The highest BCUT2D eigenvalue weighted by molar-refractivity contribution is 7.99. The van der Waals surface area contributed by atoms with Gasteiger partial charge in [0.25, 0.3) is 0 Å². The van der Waals surface area contributed by atoms with Gasteiger partial charge in [0.05, 0.1) is 17.7 Å².